The fourth-order valence-corrected chi connectivity index (χ4v) is 1.74. The van der Waals surface area contributed by atoms with E-state index in [0.717, 1.165) is 5.56 Å². The highest BCUT2D eigenvalue weighted by Gasteiger charge is 2.19. The first-order chi connectivity index (χ1) is 10.0. The Morgan fingerprint density at radius 1 is 1.29 bits per heavy atom. The molecule has 0 saturated heterocycles. The van der Waals surface area contributed by atoms with Crippen LogP contribution in [0, 0.1) is 0 Å². The zero-order chi connectivity index (χ0) is 15.7. The standard InChI is InChI=1S/C15H22N2O4/c1-11(21-2)10-16-15(20)17-13(14(18)19)9-8-12-6-4-3-5-7-12/h3-7,11,13H,8-10H2,1-2H3,(H,18,19)(H2,16,17,20)/t11?,13-/m0/s1. The minimum absolute atomic E-state index is 0.122. The van der Waals surface area contributed by atoms with E-state index in [1.807, 2.05) is 37.3 Å². The van der Waals surface area contributed by atoms with Crippen molar-refractivity contribution in [2.24, 2.45) is 0 Å². The largest absolute Gasteiger partial charge is 0.480 e. The van der Waals surface area contributed by atoms with Gasteiger partial charge in [0, 0.05) is 13.7 Å². The number of rotatable bonds is 8. The van der Waals surface area contributed by atoms with Gasteiger partial charge in [0.25, 0.3) is 0 Å². The maximum atomic E-state index is 11.6. The summed E-state index contributed by atoms with van der Waals surface area (Å²) >= 11 is 0. The number of carbonyl (C=O) groups is 2. The fourth-order valence-electron chi connectivity index (χ4n) is 1.74. The molecule has 6 nitrogen and oxygen atoms in total. The van der Waals surface area contributed by atoms with Gasteiger partial charge in [0.1, 0.15) is 6.04 Å². The van der Waals surface area contributed by atoms with Gasteiger partial charge >= 0.3 is 12.0 Å². The molecule has 0 aromatic heterocycles. The van der Waals surface area contributed by atoms with Gasteiger partial charge in [0.15, 0.2) is 0 Å². The van der Waals surface area contributed by atoms with Crippen LogP contribution in [0.3, 0.4) is 0 Å². The second kappa shape index (κ2) is 8.97. The fraction of sp³-hybridized carbons (Fsp3) is 0.467. The first-order valence-corrected chi connectivity index (χ1v) is 6.86. The van der Waals surface area contributed by atoms with Gasteiger partial charge in [-0.2, -0.15) is 0 Å². The van der Waals surface area contributed by atoms with Crippen molar-refractivity contribution in [1.82, 2.24) is 10.6 Å². The molecular formula is C15H22N2O4. The van der Waals surface area contributed by atoms with Crippen molar-refractivity contribution in [2.45, 2.75) is 31.9 Å². The first kappa shape index (κ1) is 17.0. The van der Waals surface area contributed by atoms with Crippen LogP contribution in [0.25, 0.3) is 0 Å². The van der Waals surface area contributed by atoms with Crippen molar-refractivity contribution >= 4 is 12.0 Å². The summed E-state index contributed by atoms with van der Waals surface area (Å²) in [6, 6.07) is 8.15. The van der Waals surface area contributed by atoms with Crippen LogP contribution in [0.15, 0.2) is 30.3 Å². The lowest BCUT2D eigenvalue weighted by Crippen LogP contribution is -2.47. The molecule has 3 N–H and O–H groups in total. The molecular weight excluding hydrogens is 272 g/mol. The van der Waals surface area contributed by atoms with Crippen molar-refractivity contribution in [1.29, 1.82) is 0 Å². The number of carboxylic acid groups (broad SMARTS) is 1. The summed E-state index contributed by atoms with van der Waals surface area (Å²) in [6.45, 7) is 2.14. The molecule has 0 saturated carbocycles. The lowest BCUT2D eigenvalue weighted by atomic mass is 10.1. The third kappa shape index (κ3) is 6.76. The van der Waals surface area contributed by atoms with Crippen LogP contribution >= 0.6 is 0 Å². The Labute approximate surface area is 124 Å². The van der Waals surface area contributed by atoms with E-state index < -0.39 is 18.0 Å². The number of benzene rings is 1. The monoisotopic (exact) mass is 294 g/mol. The normalized spacial score (nSPS) is 13.2. The topological polar surface area (TPSA) is 87.7 Å². The molecule has 1 aromatic carbocycles. The van der Waals surface area contributed by atoms with Crippen LogP contribution in [0.5, 0.6) is 0 Å². The van der Waals surface area contributed by atoms with Crippen molar-refractivity contribution in [3.63, 3.8) is 0 Å². The molecule has 1 rings (SSSR count). The number of ether oxygens (including phenoxy) is 1. The van der Waals surface area contributed by atoms with E-state index in [2.05, 4.69) is 10.6 Å². The van der Waals surface area contributed by atoms with E-state index in [1.54, 1.807) is 7.11 Å². The average molecular weight is 294 g/mol. The van der Waals surface area contributed by atoms with Gasteiger partial charge in [0.2, 0.25) is 0 Å². The number of carbonyl (C=O) groups excluding carboxylic acids is 1. The Hall–Kier alpha value is -2.08. The molecule has 0 aliphatic carbocycles. The number of methoxy groups -OCH3 is 1. The molecule has 21 heavy (non-hydrogen) atoms. The smallest absolute Gasteiger partial charge is 0.326 e. The van der Waals surface area contributed by atoms with Crippen LogP contribution in [0.1, 0.15) is 18.9 Å². The summed E-state index contributed by atoms with van der Waals surface area (Å²) in [6.07, 6.45) is 0.808. The van der Waals surface area contributed by atoms with Gasteiger partial charge in [-0.1, -0.05) is 30.3 Å². The molecule has 0 radical (unpaired) electrons. The Balaban J connectivity index is 2.42. The second-order valence-corrected chi connectivity index (χ2v) is 4.82. The second-order valence-electron chi connectivity index (χ2n) is 4.82. The minimum Gasteiger partial charge on any atom is -0.480 e. The SMILES string of the molecule is COC(C)CNC(=O)N[C@@H](CCc1ccccc1)C(=O)O. The molecule has 0 heterocycles. The molecule has 0 fully saturated rings. The van der Waals surface area contributed by atoms with Gasteiger partial charge < -0.3 is 20.5 Å². The number of aryl methyl sites for hydroxylation is 1. The van der Waals surface area contributed by atoms with E-state index in [4.69, 9.17) is 9.84 Å². The predicted molar refractivity (Wildman–Crippen MR) is 79.2 cm³/mol. The van der Waals surface area contributed by atoms with E-state index >= 15 is 0 Å². The quantitative estimate of drug-likeness (QED) is 0.676. The number of nitrogens with one attached hydrogen (secondary N) is 2. The molecule has 0 bridgehead atoms. The number of urea groups is 1. The van der Waals surface area contributed by atoms with Crippen LogP contribution in [-0.2, 0) is 16.0 Å². The van der Waals surface area contributed by atoms with Crippen LogP contribution < -0.4 is 10.6 Å². The predicted octanol–water partition coefficient (Wildman–Crippen LogP) is 1.41. The molecule has 1 unspecified atom stereocenters. The summed E-state index contributed by atoms with van der Waals surface area (Å²) in [5.74, 6) is -1.04. The zero-order valence-corrected chi connectivity index (χ0v) is 12.3. The summed E-state index contributed by atoms with van der Waals surface area (Å²) in [4.78, 5) is 22.8. The molecule has 6 heteroatoms. The highest BCUT2D eigenvalue weighted by molar-refractivity contribution is 5.82. The maximum absolute atomic E-state index is 11.6. The third-order valence-electron chi connectivity index (χ3n) is 3.12. The number of aliphatic carboxylic acids is 1. The Bertz CT molecular complexity index is 450. The number of carboxylic acids is 1. The minimum atomic E-state index is -1.04. The number of hydrogen-bond acceptors (Lipinski definition) is 3. The Kier molecular flexibility index (Phi) is 7.25. The van der Waals surface area contributed by atoms with Gasteiger partial charge in [-0.25, -0.2) is 9.59 Å². The number of amides is 2. The molecule has 0 aliphatic rings. The first-order valence-electron chi connectivity index (χ1n) is 6.86. The van der Waals surface area contributed by atoms with Gasteiger partial charge in [0.05, 0.1) is 6.10 Å². The highest BCUT2D eigenvalue weighted by atomic mass is 16.5. The summed E-state index contributed by atoms with van der Waals surface area (Å²) in [5, 5.41) is 14.2. The summed E-state index contributed by atoms with van der Waals surface area (Å²) < 4.78 is 5.00. The highest BCUT2D eigenvalue weighted by Crippen LogP contribution is 2.05. The van der Waals surface area contributed by atoms with Crippen molar-refractivity contribution < 1.29 is 19.4 Å². The van der Waals surface area contributed by atoms with Crippen molar-refractivity contribution in [2.75, 3.05) is 13.7 Å². The molecule has 0 aliphatic heterocycles. The molecule has 116 valence electrons. The van der Waals surface area contributed by atoms with Crippen LogP contribution in [-0.4, -0.2) is 42.9 Å². The average Bonchev–Trinajstić information content (AvgIpc) is 2.49. The Morgan fingerprint density at radius 2 is 1.95 bits per heavy atom. The lowest BCUT2D eigenvalue weighted by Gasteiger charge is -2.16. The van der Waals surface area contributed by atoms with Gasteiger partial charge in [-0.15, -0.1) is 0 Å². The molecule has 2 atom stereocenters. The molecule has 0 spiro atoms. The maximum Gasteiger partial charge on any atom is 0.326 e. The molecule has 1 aromatic rings. The Morgan fingerprint density at radius 3 is 2.52 bits per heavy atom. The van der Waals surface area contributed by atoms with Gasteiger partial charge in [-0.3, -0.25) is 0 Å². The van der Waals surface area contributed by atoms with Crippen LogP contribution in [0.2, 0.25) is 0 Å². The van der Waals surface area contributed by atoms with Crippen molar-refractivity contribution in [3.05, 3.63) is 35.9 Å². The lowest BCUT2D eigenvalue weighted by molar-refractivity contribution is -0.139. The summed E-state index contributed by atoms with van der Waals surface area (Å²) in [5.41, 5.74) is 1.04. The van der Waals surface area contributed by atoms with Crippen molar-refractivity contribution in [3.8, 4) is 0 Å². The van der Waals surface area contributed by atoms with E-state index in [-0.39, 0.29) is 6.10 Å². The van der Waals surface area contributed by atoms with E-state index in [1.165, 1.54) is 0 Å². The van der Waals surface area contributed by atoms with Crippen LogP contribution in [0.4, 0.5) is 4.79 Å². The van der Waals surface area contributed by atoms with E-state index in [0.29, 0.717) is 19.4 Å². The zero-order valence-electron chi connectivity index (χ0n) is 12.3. The molecule has 2 amide bonds. The number of hydrogen-bond donors (Lipinski definition) is 3. The van der Waals surface area contributed by atoms with Gasteiger partial charge in [-0.05, 0) is 25.3 Å². The van der Waals surface area contributed by atoms with E-state index in [9.17, 15) is 9.59 Å². The third-order valence-corrected chi connectivity index (χ3v) is 3.12. The summed E-state index contributed by atoms with van der Waals surface area (Å²) in [7, 11) is 1.55.